The summed E-state index contributed by atoms with van der Waals surface area (Å²) in [6.07, 6.45) is 1.77. The second kappa shape index (κ2) is 7.17. The van der Waals surface area contributed by atoms with Gasteiger partial charge >= 0.3 is 0 Å². The van der Waals surface area contributed by atoms with E-state index in [0.29, 0.717) is 32.5 Å². The minimum absolute atomic E-state index is 0.333. The average Bonchev–Trinajstić information content (AvgIpc) is 3.05. The Morgan fingerprint density at radius 3 is 2.81 bits per heavy atom. The van der Waals surface area contributed by atoms with E-state index in [-0.39, 0.29) is 0 Å². The molecule has 0 spiro atoms. The zero-order valence-corrected chi connectivity index (χ0v) is 16.4. The fourth-order valence-electron chi connectivity index (χ4n) is 2.91. The molecule has 0 bridgehead atoms. The Balaban J connectivity index is 1.91. The molecule has 0 aliphatic heterocycles. The largest absolute Gasteiger partial charge is 0.283 e. The lowest BCUT2D eigenvalue weighted by atomic mass is 10.2. The van der Waals surface area contributed by atoms with Crippen molar-refractivity contribution in [2.24, 2.45) is 0 Å². The Labute approximate surface area is 165 Å². The van der Waals surface area contributed by atoms with Crippen LogP contribution in [0.1, 0.15) is 17.0 Å². The number of nitrogens with zero attached hydrogens (tertiary/aromatic N) is 4. The van der Waals surface area contributed by atoms with Crippen LogP contribution in [0.5, 0.6) is 0 Å². The Bertz CT molecular complexity index is 1180. The molecule has 0 fully saturated rings. The average molecular weight is 397 g/mol. The van der Waals surface area contributed by atoms with Crippen LogP contribution in [-0.2, 0) is 5.75 Å². The Hall–Kier alpha value is -2.64. The van der Waals surface area contributed by atoms with E-state index in [1.807, 2.05) is 54.8 Å². The number of nitrogens with one attached hydrogen (secondary N) is 2. The number of thioether (sulfide) groups is 1. The molecule has 0 aliphatic rings. The van der Waals surface area contributed by atoms with Gasteiger partial charge in [0.1, 0.15) is 5.49 Å². The van der Waals surface area contributed by atoms with Crippen molar-refractivity contribution in [3.63, 3.8) is 0 Å². The number of aromatic amines is 1. The highest BCUT2D eigenvalue weighted by Gasteiger charge is 2.17. The van der Waals surface area contributed by atoms with Crippen molar-refractivity contribution in [2.45, 2.75) is 24.8 Å². The summed E-state index contributed by atoms with van der Waals surface area (Å²) in [7, 11) is 0. The standard InChI is InChI=1S/C19H17ClN6S/c1-11-14(20)7-5-8-15(11)26-17(21)16-12(2)24-25-18(16)23-19(26)27-10-13-6-3-4-9-22-13/h3-9,21H,10H2,1-2H3,(H,24,25). The minimum atomic E-state index is 0.333. The first-order valence-corrected chi connectivity index (χ1v) is 9.73. The van der Waals surface area contributed by atoms with E-state index in [1.54, 1.807) is 6.20 Å². The van der Waals surface area contributed by atoms with Crippen LogP contribution in [0.2, 0.25) is 5.02 Å². The van der Waals surface area contributed by atoms with E-state index in [0.717, 1.165) is 22.6 Å². The molecule has 0 atom stereocenters. The molecular weight excluding hydrogens is 380 g/mol. The van der Waals surface area contributed by atoms with Crippen molar-refractivity contribution in [3.05, 3.63) is 70.1 Å². The van der Waals surface area contributed by atoms with E-state index in [1.165, 1.54) is 11.8 Å². The van der Waals surface area contributed by atoms with E-state index in [9.17, 15) is 0 Å². The lowest BCUT2D eigenvalue weighted by molar-refractivity contribution is 0.782. The molecule has 136 valence electrons. The number of benzene rings is 1. The summed E-state index contributed by atoms with van der Waals surface area (Å²) < 4.78 is 1.83. The number of pyridine rings is 1. The van der Waals surface area contributed by atoms with Crippen molar-refractivity contribution in [2.75, 3.05) is 0 Å². The summed E-state index contributed by atoms with van der Waals surface area (Å²) in [4.78, 5) is 9.08. The van der Waals surface area contributed by atoms with Gasteiger partial charge in [0.05, 0.1) is 16.8 Å². The summed E-state index contributed by atoms with van der Waals surface area (Å²) in [5.41, 5.74) is 4.38. The first kappa shape index (κ1) is 17.8. The number of fused-ring (bicyclic) bond motifs is 1. The molecule has 0 saturated carbocycles. The van der Waals surface area contributed by atoms with Crippen LogP contribution >= 0.6 is 23.4 Å². The maximum atomic E-state index is 8.82. The van der Waals surface area contributed by atoms with Gasteiger partial charge in [-0.2, -0.15) is 5.10 Å². The highest BCUT2D eigenvalue weighted by atomic mass is 35.5. The normalized spacial score (nSPS) is 11.2. The van der Waals surface area contributed by atoms with E-state index in [4.69, 9.17) is 22.0 Å². The number of aromatic nitrogens is 5. The molecule has 0 aliphatic carbocycles. The molecular formula is C19H17ClN6S. The molecule has 3 aromatic heterocycles. The van der Waals surface area contributed by atoms with Gasteiger partial charge in [0.2, 0.25) is 0 Å². The predicted molar refractivity (Wildman–Crippen MR) is 107 cm³/mol. The van der Waals surface area contributed by atoms with E-state index in [2.05, 4.69) is 15.2 Å². The third-order valence-corrected chi connectivity index (χ3v) is 5.72. The maximum Gasteiger partial charge on any atom is 0.187 e. The highest BCUT2D eigenvalue weighted by Crippen LogP contribution is 2.27. The smallest absolute Gasteiger partial charge is 0.187 e. The first-order valence-electron chi connectivity index (χ1n) is 8.37. The lowest BCUT2D eigenvalue weighted by Crippen LogP contribution is -2.23. The molecule has 6 nitrogen and oxygen atoms in total. The fraction of sp³-hybridized carbons (Fsp3) is 0.158. The van der Waals surface area contributed by atoms with Gasteiger partial charge in [-0.3, -0.25) is 20.1 Å². The van der Waals surface area contributed by atoms with Crippen LogP contribution in [0.3, 0.4) is 0 Å². The number of halogens is 1. The SMILES string of the molecule is Cc1c(Cl)cccc1-n1c(SCc2ccccn2)nc2n[nH]c(C)c2c1=N. The van der Waals surface area contributed by atoms with Crippen LogP contribution in [0.4, 0.5) is 0 Å². The number of hydrogen-bond donors (Lipinski definition) is 2. The molecule has 4 aromatic rings. The second-order valence-electron chi connectivity index (χ2n) is 6.12. The molecule has 4 rings (SSSR count). The molecule has 0 amide bonds. The first-order chi connectivity index (χ1) is 13.1. The molecule has 2 N–H and O–H groups in total. The summed E-state index contributed by atoms with van der Waals surface area (Å²) in [5, 5.41) is 18.0. The van der Waals surface area contributed by atoms with Crippen molar-refractivity contribution in [1.82, 2.24) is 24.7 Å². The van der Waals surface area contributed by atoms with Gasteiger partial charge in [0.15, 0.2) is 10.8 Å². The third kappa shape index (κ3) is 3.24. The molecule has 0 unspecified atom stereocenters. The quantitative estimate of drug-likeness (QED) is 0.400. The minimum Gasteiger partial charge on any atom is -0.283 e. The summed E-state index contributed by atoms with van der Waals surface area (Å²) in [6, 6.07) is 11.5. The second-order valence-corrected chi connectivity index (χ2v) is 7.47. The number of aryl methyl sites for hydroxylation is 1. The molecule has 0 radical (unpaired) electrons. The van der Waals surface area contributed by atoms with Crippen molar-refractivity contribution < 1.29 is 0 Å². The van der Waals surface area contributed by atoms with E-state index < -0.39 is 0 Å². The van der Waals surface area contributed by atoms with Gasteiger partial charge in [-0.25, -0.2) is 4.98 Å². The van der Waals surface area contributed by atoms with Crippen molar-refractivity contribution in [3.8, 4) is 5.69 Å². The van der Waals surface area contributed by atoms with Gasteiger partial charge in [-0.15, -0.1) is 0 Å². The van der Waals surface area contributed by atoms with Gasteiger partial charge in [-0.05, 0) is 43.7 Å². The van der Waals surface area contributed by atoms with Gasteiger partial charge in [-0.1, -0.05) is 35.5 Å². The van der Waals surface area contributed by atoms with Gasteiger partial charge in [0.25, 0.3) is 0 Å². The predicted octanol–water partition coefficient (Wildman–Crippen LogP) is 4.19. The van der Waals surface area contributed by atoms with E-state index >= 15 is 0 Å². The van der Waals surface area contributed by atoms with Crippen LogP contribution < -0.4 is 5.49 Å². The Kier molecular flexibility index (Phi) is 4.72. The lowest BCUT2D eigenvalue weighted by Gasteiger charge is -2.16. The summed E-state index contributed by atoms with van der Waals surface area (Å²) in [6.45, 7) is 3.84. The third-order valence-electron chi connectivity index (χ3n) is 4.34. The van der Waals surface area contributed by atoms with Crippen LogP contribution in [0.25, 0.3) is 16.7 Å². The van der Waals surface area contributed by atoms with Crippen LogP contribution in [0, 0.1) is 19.3 Å². The van der Waals surface area contributed by atoms with Crippen LogP contribution in [0.15, 0.2) is 47.8 Å². The molecule has 3 heterocycles. The molecule has 27 heavy (non-hydrogen) atoms. The fourth-order valence-corrected chi connectivity index (χ4v) is 4.00. The Morgan fingerprint density at radius 2 is 2.04 bits per heavy atom. The van der Waals surface area contributed by atoms with Gasteiger partial charge < -0.3 is 0 Å². The van der Waals surface area contributed by atoms with Crippen molar-refractivity contribution >= 4 is 34.4 Å². The van der Waals surface area contributed by atoms with Gasteiger partial charge in [0, 0.05) is 22.7 Å². The summed E-state index contributed by atoms with van der Waals surface area (Å²) in [5.74, 6) is 0.641. The number of H-pyrrole nitrogens is 1. The topological polar surface area (TPSA) is 83.2 Å². The number of hydrogen-bond acceptors (Lipinski definition) is 5. The summed E-state index contributed by atoms with van der Waals surface area (Å²) >= 11 is 7.86. The molecule has 1 aromatic carbocycles. The molecule has 8 heteroatoms. The zero-order chi connectivity index (χ0) is 19.0. The highest BCUT2D eigenvalue weighted by molar-refractivity contribution is 7.98. The van der Waals surface area contributed by atoms with Crippen molar-refractivity contribution in [1.29, 1.82) is 5.41 Å². The molecule has 0 saturated heterocycles. The maximum absolute atomic E-state index is 8.82. The Morgan fingerprint density at radius 1 is 1.19 bits per heavy atom. The number of rotatable bonds is 4. The zero-order valence-electron chi connectivity index (χ0n) is 14.8. The van der Waals surface area contributed by atoms with Crippen LogP contribution in [-0.4, -0.2) is 24.7 Å². The monoisotopic (exact) mass is 396 g/mol.